The topological polar surface area (TPSA) is 35.8 Å². The molecular weight excluding hydrogens is 310 g/mol. The lowest BCUT2D eigenvalue weighted by Gasteiger charge is -2.33. The molecule has 0 aromatic carbocycles. The average molecular weight is 340 g/mol. The van der Waals surface area contributed by atoms with Gasteiger partial charge in [0.05, 0.1) is 11.6 Å². The first-order chi connectivity index (χ1) is 11.0. The summed E-state index contributed by atoms with van der Waals surface area (Å²) in [5.74, 6) is 0.923. The van der Waals surface area contributed by atoms with E-state index in [4.69, 9.17) is 11.6 Å². The van der Waals surface area contributed by atoms with Crippen molar-refractivity contribution in [3.63, 3.8) is 0 Å². The largest absolute Gasteiger partial charge is 0.355 e. The molecule has 2 heterocycles. The summed E-state index contributed by atoms with van der Waals surface area (Å²) < 4.78 is 2.06. The van der Waals surface area contributed by atoms with Gasteiger partial charge in [-0.3, -0.25) is 9.89 Å². The molecule has 0 bridgehead atoms. The van der Waals surface area contributed by atoms with Gasteiger partial charge in [-0.15, -0.1) is 0 Å². The number of rotatable bonds is 5. The van der Waals surface area contributed by atoms with Crippen molar-refractivity contribution in [3.05, 3.63) is 23.0 Å². The van der Waals surface area contributed by atoms with Crippen LogP contribution in [0.2, 0.25) is 5.02 Å². The van der Waals surface area contributed by atoms with Crippen molar-refractivity contribution >= 4 is 17.6 Å². The van der Waals surface area contributed by atoms with Gasteiger partial charge in [0, 0.05) is 52.2 Å². The van der Waals surface area contributed by atoms with Crippen molar-refractivity contribution in [3.8, 4) is 0 Å². The van der Waals surface area contributed by atoms with Gasteiger partial charge >= 0.3 is 0 Å². The molecule has 130 valence electrons. The lowest BCUT2D eigenvalue weighted by Crippen LogP contribution is -2.45. The minimum absolute atomic E-state index is 0.704. The summed E-state index contributed by atoms with van der Waals surface area (Å²) in [6, 6.07) is 2.71. The first kappa shape index (κ1) is 18.1. The van der Waals surface area contributed by atoms with Crippen molar-refractivity contribution < 1.29 is 0 Å². The third-order valence-electron chi connectivity index (χ3n) is 4.67. The van der Waals surface area contributed by atoms with Crippen LogP contribution < -0.4 is 5.32 Å². The van der Waals surface area contributed by atoms with Crippen LogP contribution in [0.4, 0.5) is 0 Å². The van der Waals surface area contributed by atoms with Gasteiger partial charge < -0.3 is 14.8 Å². The van der Waals surface area contributed by atoms with Crippen LogP contribution in [0.5, 0.6) is 0 Å². The zero-order chi connectivity index (χ0) is 16.8. The number of aliphatic imine (C=N–C) groups is 1. The van der Waals surface area contributed by atoms with E-state index < -0.39 is 0 Å². The molecule has 5 nitrogen and oxygen atoms in total. The van der Waals surface area contributed by atoms with Gasteiger partial charge in [-0.1, -0.05) is 18.0 Å². The second-order valence-electron chi connectivity index (χ2n) is 6.47. The van der Waals surface area contributed by atoms with Crippen LogP contribution in [0, 0.1) is 0 Å². The van der Waals surface area contributed by atoms with Crippen molar-refractivity contribution in [2.24, 2.45) is 12.0 Å². The summed E-state index contributed by atoms with van der Waals surface area (Å²) in [4.78, 5) is 9.09. The fourth-order valence-corrected chi connectivity index (χ4v) is 3.50. The monoisotopic (exact) mass is 339 g/mol. The number of halogens is 1. The van der Waals surface area contributed by atoms with Gasteiger partial charge in [0.15, 0.2) is 5.96 Å². The summed E-state index contributed by atoms with van der Waals surface area (Å²) in [6.45, 7) is 6.33. The van der Waals surface area contributed by atoms with E-state index in [1.54, 1.807) is 0 Å². The van der Waals surface area contributed by atoms with Crippen LogP contribution in [0.25, 0.3) is 0 Å². The van der Waals surface area contributed by atoms with E-state index in [2.05, 4.69) is 38.6 Å². The van der Waals surface area contributed by atoms with E-state index in [1.807, 2.05) is 26.4 Å². The Morgan fingerprint density at radius 1 is 1.48 bits per heavy atom. The van der Waals surface area contributed by atoms with E-state index in [1.165, 1.54) is 31.5 Å². The number of nitrogens with zero attached hydrogens (tertiary/aromatic N) is 4. The van der Waals surface area contributed by atoms with Gasteiger partial charge in [-0.25, -0.2) is 0 Å². The molecule has 0 amide bonds. The Morgan fingerprint density at radius 2 is 2.26 bits per heavy atom. The number of nitrogens with one attached hydrogen (secondary N) is 1. The van der Waals surface area contributed by atoms with E-state index in [0.29, 0.717) is 6.04 Å². The summed E-state index contributed by atoms with van der Waals surface area (Å²) in [7, 11) is 5.91. The molecule has 23 heavy (non-hydrogen) atoms. The number of likely N-dealkylation sites (tertiary alicyclic amines) is 1. The van der Waals surface area contributed by atoms with E-state index >= 15 is 0 Å². The molecule has 1 aliphatic heterocycles. The number of hydrogen-bond acceptors (Lipinski definition) is 2. The molecule has 1 aliphatic rings. The molecule has 0 radical (unpaired) electrons. The lowest BCUT2D eigenvalue weighted by molar-refractivity contribution is 0.163. The molecule has 6 heteroatoms. The zero-order valence-electron chi connectivity index (χ0n) is 14.8. The molecule has 0 saturated carbocycles. The molecule has 1 saturated heterocycles. The second kappa shape index (κ2) is 8.60. The highest BCUT2D eigenvalue weighted by Crippen LogP contribution is 2.16. The Hall–Kier alpha value is -1.20. The highest BCUT2D eigenvalue weighted by Gasteiger charge is 2.17. The Morgan fingerprint density at radius 3 is 2.87 bits per heavy atom. The number of piperidine rings is 1. The molecule has 1 N–H and O–H groups in total. The smallest absolute Gasteiger partial charge is 0.193 e. The predicted octanol–water partition coefficient (Wildman–Crippen LogP) is 2.56. The SMILES string of the molecule is CN=C(NCCN1CCCCC1C)N(C)Cc1cc(Cl)cn1C. The van der Waals surface area contributed by atoms with E-state index in [0.717, 1.165) is 30.6 Å². The fourth-order valence-electron chi connectivity index (χ4n) is 3.23. The molecular formula is C17H30ClN5. The Labute approximate surface area is 145 Å². The van der Waals surface area contributed by atoms with E-state index in [-0.39, 0.29) is 0 Å². The average Bonchev–Trinajstić information content (AvgIpc) is 2.83. The molecule has 0 aliphatic carbocycles. The minimum atomic E-state index is 0.704. The minimum Gasteiger partial charge on any atom is -0.355 e. The maximum Gasteiger partial charge on any atom is 0.193 e. The number of aryl methyl sites for hydroxylation is 1. The number of guanidine groups is 1. The quantitative estimate of drug-likeness (QED) is 0.661. The van der Waals surface area contributed by atoms with Crippen molar-refractivity contribution in [2.75, 3.05) is 33.7 Å². The second-order valence-corrected chi connectivity index (χ2v) is 6.91. The van der Waals surface area contributed by atoms with Crippen molar-refractivity contribution in [1.82, 2.24) is 19.7 Å². The molecule has 1 aromatic rings. The van der Waals surface area contributed by atoms with Gasteiger partial charge in [0.1, 0.15) is 0 Å². The lowest BCUT2D eigenvalue weighted by atomic mass is 10.0. The maximum absolute atomic E-state index is 6.06. The van der Waals surface area contributed by atoms with Crippen LogP contribution in [-0.2, 0) is 13.6 Å². The highest BCUT2D eigenvalue weighted by molar-refractivity contribution is 6.30. The van der Waals surface area contributed by atoms with Crippen molar-refractivity contribution in [2.45, 2.75) is 38.8 Å². The molecule has 1 atom stereocenters. The summed E-state index contributed by atoms with van der Waals surface area (Å²) in [6.07, 6.45) is 5.95. The van der Waals surface area contributed by atoms with Crippen LogP contribution in [0.1, 0.15) is 31.9 Å². The standard InChI is InChI=1S/C17H30ClN5/c1-14-7-5-6-9-23(14)10-8-20-17(19-2)22(4)13-16-11-15(18)12-21(16)3/h11-12,14H,5-10,13H2,1-4H3,(H,19,20). The van der Waals surface area contributed by atoms with Crippen LogP contribution in [0.15, 0.2) is 17.3 Å². The highest BCUT2D eigenvalue weighted by atomic mass is 35.5. The molecule has 1 fully saturated rings. The van der Waals surface area contributed by atoms with Crippen LogP contribution >= 0.6 is 11.6 Å². The maximum atomic E-state index is 6.06. The third kappa shape index (κ3) is 5.15. The molecule has 1 aromatic heterocycles. The van der Waals surface area contributed by atoms with Gasteiger partial charge in [-0.2, -0.15) is 0 Å². The van der Waals surface area contributed by atoms with Gasteiger partial charge in [-0.05, 0) is 32.4 Å². The Balaban J connectivity index is 1.81. The number of hydrogen-bond donors (Lipinski definition) is 1. The predicted molar refractivity (Wildman–Crippen MR) is 98.1 cm³/mol. The Kier molecular flexibility index (Phi) is 6.78. The van der Waals surface area contributed by atoms with E-state index in [9.17, 15) is 0 Å². The first-order valence-corrected chi connectivity index (χ1v) is 8.85. The first-order valence-electron chi connectivity index (χ1n) is 8.48. The third-order valence-corrected chi connectivity index (χ3v) is 4.88. The van der Waals surface area contributed by atoms with Gasteiger partial charge in [0.25, 0.3) is 0 Å². The summed E-state index contributed by atoms with van der Waals surface area (Å²) >= 11 is 6.06. The summed E-state index contributed by atoms with van der Waals surface area (Å²) in [5.41, 5.74) is 1.17. The zero-order valence-corrected chi connectivity index (χ0v) is 15.6. The molecule has 0 spiro atoms. The summed E-state index contributed by atoms with van der Waals surface area (Å²) in [5, 5.41) is 4.25. The Bertz CT molecular complexity index is 525. The number of aromatic nitrogens is 1. The molecule has 1 unspecified atom stereocenters. The van der Waals surface area contributed by atoms with Gasteiger partial charge in [0.2, 0.25) is 0 Å². The normalized spacial score (nSPS) is 19.9. The van der Waals surface area contributed by atoms with Crippen LogP contribution in [-0.4, -0.2) is 60.1 Å². The fraction of sp³-hybridized carbons (Fsp3) is 0.706. The molecule has 2 rings (SSSR count). The van der Waals surface area contributed by atoms with Crippen LogP contribution in [0.3, 0.4) is 0 Å². The van der Waals surface area contributed by atoms with Crippen molar-refractivity contribution in [1.29, 1.82) is 0 Å².